The minimum absolute atomic E-state index is 0.0688. The van der Waals surface area contributed by atoms with Gasteiger partial charge in [0.25, 0.3) is 5.91 Å². The van der Waals surface area contributed by atoms with Crippen molar-refractivity contribution in [2.24, 2.45) is 0 Å². The Morgan fingerprint density at radius 1 is 0.884 bits per heavy atom. The summed E-state index contributed by atoms with van der Waals surface area (Å²) in [6.07, 6.45) is -2.72. The number of halogens is 6. The van der Waals surface area contributed by atoms with Gasteiger partial charge in [-0.1, -0.05) is 24.3 Å². The van der Waals surface area contributed by atoms with Crippen molar-refractivity contribution in [1.29, 1.82) is 0 Å². The Morgan fingerprint density at radius 3 is 2.23 bits per heavy atom. The zero-order chi connectivity index (χ0) is 30.9. The van der Waals surface area contributed by atoms with Crippen molar-refractivity contribution in [3.63, 3.8) is 0 Å². The maximum atomic E-state index is 14.0. The molecule has 2 aromatic heterocycles. The Hall–Kier alpha value is -4.66. The first-order valence-corrected chi connectivity index (χ1v) is 13.2. The van der Waals surface area contributed by atoms with E-state index in [2.05, 4.69) is 14.8 Å². The van der Waals surface area contributed by atoms with Crippen molar-refractivity contribution in [2.45, 2.75) is 35.0 Å². The number of carbonyl (C=O) groups excluding carboxylic acids is 3. The number of fused-ring (bicyclic) bond motifs is 1. The number of pyridine rings is 2. The summed E-state index contributed by atoms with van der Waals surface area (Å²) in [5.74, 6) is -4.93. The Bertz CT molecular complexity index is 1660. The van der Waals surface area contributed by atoms with Crippen LogP contribution in [-0.2, 0) is 20.8 Å². The van der Waals surface area contributed by atoms with E-state index in [4.69, 9.17) is 0 Å². The maximum Gasteiger partial charge on any atom is 0.493 e. The number of rotatable bonds is 7. The summed E-state index contributed by atoms with van der Waals surface area (Å²) in [5, 5.41) is 0.583. The smallest absolute Gasteiger partial charge is 0.327 e. The molecule has 8 nitrogen and oxygen atoms in total. The van der Waals surface area contributed by atoms with E-state index >= 15 is 0 Å². The highest BCUT2D eigenvalue weighted by Crippen LogP contribution is 2.40. The van der Waals surface area contributed by atoms with Gasteiger partial charge in [-0.2, -0.15) is 26.3 Å². The van der Waals surface area contributed by atoms with Gasteiger partial charge < -0.3 is 4.84 Å². The summed E-state index contributed by atoms with van der Waals surface area (Å²) in [6, 6.07) is 14.0. The van der Waals surface area contributed by atoms with Crippen molar-refractivity contribution in [1.82, 2.24) is 15.0 Å². The van der Waals surface area contributed by atoms with E-state index in [9.17, 15) is 40.7 Å². The number of anilines is 1. The molecule has 3 amide bonds. The molecule has 2 atom stereocenters. The Kier molecular flexibility index (Phi) is 8.01. The van der Waals surface area contributed by atoms with Gasteiger partial charge in [-0.15, -0.1) is 5.06 Å². The monoisotopic (exact) mass is 620 g/mol. The van der Waals surface area contributed by atoms with E-state index in [1.165, 1.54) is 18.5 Å². The van der Waals surface area contributed by atoms with Gasteiger partial charge in [0.1, 0.15) is 0 Å². The van der Waals surface area contributed by atoms with Crippen LogP contribution in [0.2, 0.25) is 0 Å². The van der Waals surface area contributed by atoms with Crippen LogP contribution in [0.4, 0.5) is 36.8 Å². The van der Waals surface area contributed by atoms with Crippen LogP contribution >= 0.6 is 11.8 Å². The lowest BCUT2D eigenvalue weighted by molar-refractivity contribution is -0.231. The number of para-hydroxylation sites is 1. The van der Waals surface area contributed by atoms with E-state index in [0.29, 0.717) is 27.1 Å². The highest BCUT2D eigenvalue weighted by atomic mass is 32.2. The molecule has 4 aromatic rings. The van der Waals surface area contributed by atoms with Gasteiger partial charge >= 0.3 is 23.7 Å². The molecule has 43 heavy (non-hydrogen) atoms. The van der Waals surface area contributed by atoms with E-state index < -0.39 is 53.3 Å². The minimum atomic E-state index is -5.52. The van der Waals surface area contributed by atoms with Crippen LogP contribution in [0.25, 0.3) is 10.9 Å². The molecule has 222 valence electrons. The van der Waals surface area contributed by atoms with Crippen LogP contribution in [0.1, 0.15) is 17.2 Å². The van der Waals surface area contributed by atoms with Crippen LogP contribution < -0.4 is 4.90 Å². The molecule has 0 spiro atoms. The summed E-state index contributed by atoms with van der Waals surface area (Å²) in [5.41, 5.74) is -3.57. The van der Waals surface area contributed by atoms with Crippen LogP contribution in [0.3, 0.4) is 0 Å². The summed E-state index contributed by atoms with van der Waals surface area (Å²) < 4.78 is 78.4. The molecule has 15 heteroatoms. The number of amides is 3. The van der Waals surface area contributed by atoms with Crippen molar-refractivity contribution in [3.05, 3.63) is 96.4 Å². The van der Waals surface area contributed by atoms with E-state index in [1.807, 2.05) is 0 Å². The number of thioether (sulfide) groups is 1. The standard InChI is InChI=1S/C28H18F6N4O4S/c29-27(30,31)25(40)42-38-23(24(39)37(26(38)41)17-8-10-18(11-9-17)43-28(32,33)34)21(15-16-5-3-4-13-35-16)19-12-14-36-22-7-2-1-6-20(19)22/h1-14,21,23H,15H2/t21-,23-/m0/s1. The third-order valence-corrected chi connectivity index (χ3v) is 7.20. The van der Waals surface area contributed by atoms with Gasteiger partial charge in [-0.25, -0.2) is 14.5 Å². The van der Waals surface area contributed by atoms with Crippen molar-refractivity contribution >= 4 is 46.3 Å². The number of nitrogens with zero attached hydrogens (tertiary/aromatic N) is 4. The summed E-state index contributed by atoms with van der Waals surface area (Å²) in [4.78, 5) is 52.7. The zero-order valence-electron chi connectivity index (χ0n) is 21.5. The number of hydrogen-bond donors (Lipinski definition) is 0. The maximum absolute atomic E-state index is 14.0. The number of imide groups is 1. The summed E-state index contributed by atoms with van der Waals surface area (Å²) in [7, 11) is 0. The first kappa shape index (κ1) is 29.8. The molecular formula is C28H18F6N4O4S. The first-order chi connectivity index (χ1) is 20.3. The van der Waals surface area contributed by atoms with Gasteiger partial charge in [-0.3, -0.25) is 14.8 Å². The van der Waals surface area contributed by atoms with Crippen LogP contribution in [-0.4, -0.2) is 50.7 Å². The average Bonchev–Trinajstić information content (AvgIpc) is 3.19. The predicted octanol–water partition coefficient (Wildman–Crippen LogP) is 6.43. The lowest BCUT2D eigenvalue weighted by Gasteiger charge is -2.28. The third-order valence-electron chi connectivity index (χ3n) is 6.47. The molecule has 1 fully saturated rings. The molecule has 5 rings (SSSR count). The molecule has 0 radical (unpaired) electrons. The summed E-state index contributed by atoms with van der Waals surface area (Å²) >= 11 is -0.436. The summed E-state index contributed by atoms with van der Waals surface area (Å²) in [6.45, 7) is 0. The largest absolute Gasteiger partial charge is 0.493 e. The topological polar surface area (TPSA) is 92.7 Å². The lowest BCUT2D eigenvalue weighted by Crippen LogP contribution is -2.44. The van der Waals surface area contributed by atoms with Crippen molar-refractivity contribution in [3.8, 4) is 0 Å². The number of benzene rings is 2. The second-order valence-corrected chi connectivity index (χ2v) is 10.3. The number of alkyl halides is 6. The molecule has 0 aliphatic carbocycles. The number of hydrogen-bond acceptors (Lipinski definition) is 7. The Morgan fingerprint density at radius 2 is 1.58 bits per heavy atom. The highest BCUT2D eigenvalue weighted by molar-refractivity contribution is 8.00. The van der Waals surface area contributed by atoms with E-state index in [1.54, 1.807) is 42.5 Å². The number of aromatic nitrogens is 2. The van der Waals surface area contributed by atoms with Gasteiger partial charge in [0.2, 0.25) is 0 Å². The average molecular weight is 621 g/mol. The number of urea groups is 1. The zero-order valence-corrected chi connectivity index (χ0v) is 22.4. The number of hydroxylamine groups is 2. The Balaban J connectivity index is 1.63. The minimum Gasteiger partial charge on any atom is -0.327 e. The predicted molar refractivity (Wildman–Crippen MR) is 141 cm³/mol. The van der Waals surface area contributed by atoms with Gasteiger partial charge in [-0.05, 0) is 72.3 Å². The molecule has 1 aliphatic heterocycles. The molecular weight excluding hydrogens is 602 g/mol. The lowest BCUT2D eigenvalue weighted by atomic mass is 9.85. The molecule has 1 aliphatic rings. The first-order valence-electron chi connectivity index (χ1n) is 12.4. The third kappa shape index (κ3) is 6.40. The molecule has 2 aromatic carbocycles. The second kappa shape index (κ2) is 11.6. The molecule has 0 saturated carbocycles. The fourth-order valence-electron chi connectivity index (χ4n) is 4.73. The van der Waals surface area contributed by atoms with Gasteiger partial charge in [0.05, 0.1) is 11.2 Å². The van der Waals surface area contributed by atoms with Crippen LogP contribution in [0.15, 0.2) is 90.1 Å². The van der Waals surface area contributed by atoms with Crippen LogP contribution in [0.5, 0.6) is 0 Å². The molecule has 1 saturated heterocycles. The fourth-order valence-corrected chi connectivity index (χ4v) is 5.27. The number of carbonyl (C=O) groups is 3. The molecule has 0 N–H and O–H groups in total. The Labute approximate surface area is 243 Å². The quantitative estimate of drug-likeness (QED) is 0.134. The van der Waals surface area contributed by atoms with E-state index in [-0.39, 0.29) is 22.1 Å². The van der Waals surface area contributed by atoms with Crippen molar-refractivity contribution in [2.75, 3.05) is 4.90 Å². The van der Waals surface area contributed by atoms with Crippen LogP contribution in [0, 0.1) is 0 Å². The fraction of sp³-hybridized carbons (Fsp3) is 0.179. The molecule has 0 bridgehead atoms. The van der Waals surface area contributed by atoms with Gasteiger partial charge in [0.15, 0.2) is 6.04 Å². The second-order valence-electron chi connectivity index (χ2n) is 9.19. The van der Waals surface area contributed by atoms with E-state index in [0.717, 1.165) is 24.3 Å². The molecule has 0 unspecified atom stereocenters. The highest BCUT2D eigenvalue weighted by Gasteiger charge is 2.55. The van der Waals surface area contributed by atoms with Crippen molar-refractivity contribution < 1.29 is 45.6 Å². The molecule has 3 heterocycles. The normalized spacial score (nSPS) is 16.6. The van der Waals surface area contributed by atoms with Gasteiger partial charge in [0, 0.05) is 34.3 Å². The SMILES string of the molecule is O=C1[C@H]([C@@H](Cc2ccccn2)c2ccnc3ccccc23)N(OC(=O)C(F)(F)F)C(=O)N1c1ccc(SC(F)(F)F)cc1.